The van der Waals surface area contributed by atoms with E-state index in [1.807, 2.05) is 6.92 Å². The van der Waals surface area contributed by atoms with E-state index in [0.717, 1.165) is 31.2 Å². The Morgan fingerprint density at radius 2 is 1.88 bits per heavy atom. The molecule has 1 aliphatic rings. The minimum Gasteiger partial charge on any atom is -0.484 e. The molecule has 0 radical (unpaired) electrons. The molecule has 0 spiro atoms. The van der Waals surface area contributed by atoms with Crippen LogP contribution in [0.1, 0.15) is 38.2 Å². The first-order valence-electron chi connectivity index (χ1n) is 8.28. The maximum Gasteiger partial charge on any atom is 0.422 e. The Labute approximate surface area is 143 Å². The molecule has 3 atom stereocenters. The van der Waals surface area contributed by atoms with Gasteiger partial charge in [-0.25, -0.2) is 0 Å². The van der Waals surface area contributed by atoms with Crippen LogP contribution in [0, 0.1) is 0 Å². The first-order valence-corrected chi connectivity index (χ1v) is 9.66. The summed E-state index contributed by atoms with van der Waals surface area (Å²) < 4.78 is 53.2. The van der Waals surface area contributed by atoms with Crippen LogP contribution >= 0.6 is 0 Å². The SMILES string of the molecule is CCS(=O)C1CCCCC1NCc1ccc(OCC(F)(F)F)cc1. The predicted molar refractivity (Wildman–Crippen MR) is 89.6 cm³/mol. The van der Waals surface area contributed by atoms with Gasteiger partial charge in [0.2, 0.25) is 0 Å². The van der Waals surface area contributed by atoms with Gasteiger partial charge in [-0.15, -0.1) is 0 Å². The molecule has 1 aromatic rings. The fourth-order valence-electron chi connectivity index (χ4n) is 2.98. The van der Waals surface area contributed by atoms with Crippen LogP contribution in [0.2, 0.25) is 0 Å². The summed E-state index contributed by atoms with van der Waals surface area (Å²) in [5.74, 6) is 0.882. The van der Waals surface area contributed by atoms with Gasteiger partial charge in [0, 0.05) is 29.1 Å². The van der Waals surface area contributed by atoms with E-state index in [1.165, 1.54) is 0 Å². The van der Waals surface area contributed by atoms with E-state index >= 15 is 0 Å². The zero-order valence-corrected chi connectivity index (χ0v) is 14.6. The van der Waals surface area contributed by atoms with Crippen molar-refractivity contribution in [2.24, 2.45) is 0 Å². The molecular weight excluding hydrogens is 339 g/mol. The molecule has 1 saturated carbocycles. The third-order valence-corrected chi connectivity index (χ3v) is 6.03. The summed E-state index contributed by atoms with van der Waals surface area (Å²) in [4.78, 5) is 0. The highest BCUT2D eigenvalue weighted by Crippen LogP contribution is 2.24. The average molecular weight is 363 g/mol. The number of hydrogen-bond acceptors (Lipinski definition) is 3. The number of rotatable bonds is 7. The smallest absolute Gasteiger partial charge is 0.422 e. The standard InChI is InChI=1S/C17H24F3NO2S/c1-2-24(22)16-6-4-3-5-15(16)21-11-13-7-9-14(10-8-13)23-12-17(18,19)20/h7-10,15-16,21H,2-6,11-12H2,1H3. The summed E-state index contributed by atoms with van der Waals surface area (Å²) in [6.45, 7) is 1.28. The van der Waals surface area contributed by atoms with E-state index in [9.17, 15) is 17.4 Å². The molecule has 1 fully saturated rings. The Morgan fingerprint density at radius 3 is 2.50 bits per heavy atom. The molecular formula is C17H24F3NO2S. The summed E-state index contributed by atoms with van der Waals surface area (Å²) in [6, 6.07) is 6.85. The van der Waals surface area contributed by atoms with Crippen molar-refractivity contribution in [1.29, 1.82) is 0 Å². The third kappa shape index (κ3) is 6.09. The van der Waals surface area contributed by atoms with Crippen LogP contribution in [0.3, 0.4) is 0 Å². The highest BCUT2D eigenvalue weighted by Gasteiger charge is 2.29. The Balaban J connectivity index is 1.86. The van der Waals surface area contributed by atoms with Crippen LogP contribution < -0.4 is 10.1 Å². The van der Waals surface area contributed by atoms with E-state index in [4.69, 9.17) is 4.74 Å². The van der Waals surface area contributed by atoms with Gasteiger partial charge in [0.15, 0.2) is 6.61 Å². The van der Waals surface area contributed by atoms with Crippen LogP contribution in [-0.4, -0.2) is 34.0 Å². The number of halogens is 3. The molecule has 7 heteroatoms. The highest BCUT2D eigenvalue weighted by atomic mass is 32.2. The number of ether oxygens (including phenoxy) is 1. The van der Waals surface area contributed by atoms with E-state index in [0.29, 0.717) is 12.3 Å². The zero-order chi connectivity index (χ0) is 17.6. The average Bonchev–Trinajstić information content (AvgIpc) is 2.58. The van der Waals surface area contributed by atoms with Crippen molar-refractivity contribution in [1.82, 2.24) is 5.32 Å². The van der Waals surface area contributed by atoms with E-state index in [2.05, 4.69) is 5.32 Å². The van der Waals surface area contributed by atoms with Crippen molar-refractivity contribution >= 4 is 10.8 Å². The number of alkyl halides is 3. The second-order valence-corrected chi connectivity index (χ2v) is 7.97. The van der Waals surface area contributed by atoms with Gasteiger partial charge in [0.25, 0.3) is 0 Å². The third-order valence-electron chi connectivity index (χ3n) is 4.22. The molecule has 24 heavy (non-hydrogen) atoms. The topological polar surface area (TPSA) is 38.3 Å². The summed E-state index contributed by atoms with van der Waals surface area (Å²) in [5, 5.41) is 3.66. The molecule has 2 rings (SSSR count). The molecule has 1 aromatic carbocycles. The number of benzene rings is 1. The van der Waals surface area contributed by atoms with Crippen LogP contribution in [0.5, 0.6) is 5.75 Å². The molecule has 0 amide bonds. The Bertz CT molecular complexity index is 534. The van der Waals surface area contributed by atoms with Gasteiger partial charge in [-0.05, 0) is 30.5 Å². The lowest BCUT2D eigenvalue weighted by molar-refractivity contribution is -0.153. The lowest BCUT2D eigenvalue weighted by atomic mass is 9.94. The minimum absolute atomic E-state index is 0.193. The molecule has 0 bridgehead atoms. The molecule has 1 N–H and O–H groups in total. The van der Waals surface area contributed by atoms with E-state index in [-0.39, 0.29) is 17.0 Å². The molecule has 0 saturated heterocycles. The largest absolute Gasteiger partial charge is 0.484 e. The van der Waals surface area contributed by atoms with Crippen molar-refractivity contribution in [3.8, 4) is 5.75 Å². The quantitative estimate of drug-likeness (QED) is 0.801. The maximum atomic E-state index is 12.1. The Hall–Kier alpha value is -1.08. The molecule has 0 aromatic heterocycles. The van der Waals surface area contributed by atoms with Crippen molar-refractivity contribution < 1.29 is 22.1 Å². The predicted octanol–water partition coefficient (Wildman–Crippen LogP) is 3.80. The lowest BCUT2D eigenvalue weighted by Gasteiger charge is -2.31. The van der Waals surface area contributed by atoms with Gasteiger partial charge < -0.3 is 10.1 Å². The van der Waals surface area contributed by atoms with Crippen LogP contribution in [-0.2, 0) is 17.3 Å². The maximum absolute atomic E-state index is 12.1. The van der Waals surface area contributed by atoms with Gasteiger partial charge in [-0.3, -0.25) is 4.21 Å². The van der Waals surface area contributed by atoms with E-state index in [1.54, 1.807) is 24.3 Å². The number of hydrogen-bond donors (Lipinski definition) is 1. The van der Waals surface area contributed by atoms with Crippen molar-refractivity contribution in [2.75, 3.05) is 12.4 Å². The summed E-state index contributed by atoms with van der Waals surface area (Å²) in [5.41, 5.74) is 0.973. The Kier molecular flexibility index (Phi) is 7.10. The summed E-state index contributed by atoms with van der Waals surface area (Å²) in [7, 11) is -0.805. The van der Waals surface area contributed by atoms with Crippen molar-refractivity contribution in [3.63, 3.8) is 0 Å². The van der Waals surface area contributed by atoms with Crippen LogP contribution in [0.15, 0.2) is 24.3 Å². The van der Waals surface area contributed by atoms with Crippen LogP contribution in [0.4, 0.5) is 13.2 Å². The molecule has 3 unspecified atom stereocenters. The van der Waals surface area contributed by atoms with Crippen LogP contribution in [0.25, 0.3) is 0 Å². The monoisotopic (exact) mass is 363 g/mol. The fourth-order valence-corrected chi connectivity index (χ4v) is 4.43. The number of nitrogens with one attached hydrogen (secondary N) is 1. The van der Waals surface area contributed by atoms with Gasteiger partial charge in [0.1, 0.15) is 5.75 Å². The molecule has 136 valence electrons. The second kappa shape index (κ2) is 8.85. The van der Waals surface area contributed by atoms with Gasteiger partial charge in [-0.2, -0.15) is 13.2 Å². The highest BCUT2D eigenvalue weighted by molar-refractivity contribution is 7.85. The van der Waals surface area contributed by atoms with Gasteiger partial charge >= 0.3 is 6.18 Å². The van der Waals surface area contributed by atoms with Gasteiger partial charge in [0.05, 0.1) is 5.25 Å². The molecule has 0 heterocycles. The first-order chi connectivity index (χ1) is 11.4. The normalized spacial score (nSPS) is 23.0. The fraction of sp³-hybridized carbons (Fsp3) is 0.647. The Morgan fingerprint density at radius 1 is 1.21 bits per heavy atom. The van der Waals surface area contributed by atoms with Gasteiger partial charge in [-0.1, -0.05) is 31.9 Å². The summed E-state index contributed by atoms with van der Waals surface area (Å²) >= 11 is 0. The first kappa shape index (κ1) is 19.2. The molecule has 1 aliphatic carbocycles. The lowest BCUT2D eigenvalue weighted by Crippen LogP contribution is -2.44. The summed E-state index contributed by atoms with van der Waals surface area (Å²) in [6.07, 6.45) is -0.0597. The molecule has 3 nitrogen and oxygen atoms in total. The van der Waals surface area contributed by atoms with E-state index < -0.39 is 23.6 Å². The molecule has 0 aliphatic heterocycles. The van der Waals surface area contributed by atoms with Crippen molar-refractivity contribution in [3.05, 3.63) is 29.8 Å². The zero-order valence-electron chi connectivity index (χ0n) is 13.8. The minimum atomic E-state index is -4.33. The second-order valence-electron chi connectivity index (χ2n) is 6.03. The van der Waals surface area contributed by atoms with Crippen molar-refractivity contribution in [2.45, 2.75) is 56.6 Å².